The van der Waals surface area contributed by atoms with Crippen LogP contribution >= 0.6 is 0 Å². The van der Waals surface area contributed by atoms with E-state index >= 15 is 0 Å². The van der Waals surface area contributed by atoms with E-state index in [4.69, 9.17) is 4.74 Å². The fourth-order valence-electron chi connectivity index (χ4n) is 3.25. The maximum absolute atomic E-state index is 12.5. The lowest BCUT2D eigenvalue weighted by molar-refractivity contribution is 0.0868. The highest BCUT2D eigenvalue weighted by Gasteiger charge is 2.26. The summed E-state index contributed by atoms with van der Waals surface area (Å²) in [5.41, 5.74) is 2.09. The molecular weight excluding hydrogens is 224 g/mol. The van der Waals surface area contributed by atoms with Crippen molar-refractivity contribution >= 4 is 5.78 Å². The second-order valence-corrected chi connectivity index (χ2v) is 5.75. The molecule has 0 radical (unpaired) electrons. The molecule has 0 N–H and O–H groups in total. The summed E-state index contributed by atoms with van der Waals surface area (Å²) in [6.07, 6.45) is 5.55. The Morgan fingerprint density at radius 1 is 1.33 bits per heavy atom. The zero-order valence-corrected chi connectivity index (χ0v) is 10.9. The number of carbonyl (C=O) groups is 1. The van der Waals surface area contributed by atoms with Crippen LogP contribution in [-0.4, -0.2) is 12.4 Å². The first-order valence-corrected chi connectivity index (χ1v) is 7.04. The third kappa shape index (κ3) is 2.16. The van der Waals surface area contributed by atoms with E-state index in [1.807, 2.05) is 18.2 Å². The average molecular weight is 244 g/mol. The Balaban J connectivity index is 1.79. The molecule has 2 aliphatic rings. The largest absolute Gasteiger partial charge is 0.493 e. The molecule has 0 spiro atoms. The van der Waals surface area contributed by atoms with Gasteiger partial charge in [-0.25, -0.2) is 0 Å². The number of hydrogen-bond acceptors (Lipinski definition) is 2. The van der Waals surface area contributed by atoms with Gasteiger partial charge in [-0.3, -0.25) is 4.79 Å². The van der Waals surface area contributed by atoms with Gasteiger partial charge in [0, 0.05) is 17.9 Å². The lowest BCUT2D eigenvalue weighted by atomic mass is 9.78. The molecule has 1 aromatic rings. The Kier molecular flexibility index (Phi) is 3.11. The van der Waals surface area contributed by atoms with Crippen molar-refractivity contribution in [1.29, 1.82) is 0 Å². The molecule has 1 aromatic carbocycles. The number of hydrogen-bond donors (Lipinski definition) is 0. The number of fused-ring (bicyclic) bond motifs is 1. The van der Waals surface area contributed by atoms with Crippen LogP contribution in [0.3, 0.4) is 0 Å². The Labute approximate surface area is 108 Å². The van der Waals surface area contributed by atoms with Crippen molar-refractivity contribution in [3.63, 3.8) is 0 Å². The topological polar surface area (TPSA) is 26.3 Å². The molecule has 2 nitrogen and oxygen atoms in total. The third-order valence-corrected chi connectivity index (χ3v) is 4.28. The van der Waals surface area contributed by atoms with Crippen molar-refractivity contribution in [3.8, 4) is 5.75 Å². The zero-order valence-electron chi connectivity index (χ0n) is 10.9. The molecule has 3 rings (SSSR count). The first-order chi connectivity index (χ1) is 8.74. The van der Waals surface area contributed by atoms with E-state index in [1.165, 1.54) is 18.4 Å². The molecule has 0 aromatic heterocycles. The van der Waals surface area contributed by atoms with Crippen molar-refractivity contribution in [2.45, 2.75) is 39.0 Å². The maximum Gasteiger partial charge on any atom is 0.165 e. The van der Waals surface area contributed by atoms with Crippen LogP contribution < -0.4 is 4.74 Å². The molecule has 2 atom stereocenters. The molecule has 18 heavy (non-hydrogen) atoms. The fraction of sp³-hybridized carbons (Fsp3) is 0.562. The highest BCUT2D eigenvalue weighted by atomic mass is 16.5. The smallest absolute Gasteiger partial charge is 0.165 e. The molecule has 1 fully saturated rings. The molecule has 0 amide bonds. The highest BCUT2D eigenvalue weighted by Crippen LogP contribution is 2.32. The van der Waals surface area contributed by atoms with E-state index < -0.39 is 0 Å². The first kappa shape index (κ1) is 11.8. The van der Waals surface area contributed by atoms with Gasteiger partial charge in [0.05, 0.1) is 6.61 Å². The SMILES string of the molecule is CC1CCCC(C(=O)c2ccc3c(c2)CCO3)C1. The van der Waals surface area contributed by atoms with Crippen LogP contribution in [0.1, 0.15) is 48.5 Å². The average Bonchev–Trinajstić information content (AvgIpc) is 2.85. The van der Waals surface area contributed by atoms with Crippen molar-refractivity contribution < 1.29 is 9.53 Å². The van der Waals surface area contributed by atoms with Gasteiger partial charge in [0.15, 0.2) is 5.78 Å². The van der Waals surface area contributed by atoms with Crippen molar-refractivity contribution in [3.05, 3.63) is 29.3 Å². The minimum absolute atomic E-state index is 0.245. The molecule has 1 heterocycles. The highest BCUT2D eigenvalue weighted by molar-refractivity contribution is 5.98. The van der Waals surface area contributed by atoms with Crippen LogP contribution in [0, 0.1) is 11.8 Å². The van der Waals surface area contributed by atoms with E-state index in [0.717, 1.165) is 37.2 Å². The molecule has 1 aliphatic carbocycles. The number of carbonyl (C=O) groups excluding carboxylic acids is 1. The standard InChI is InChI=1S/C16H20O2/c1-11-3-2-4-13(9-11)16(17)14-5-6-15-12(10-14)7-8-18-15/h5-6,10-11,13H,2-4,7-9H2,1H3. The van der Waals surface area contributed by atoms with Crippen LogP contribution in [0.15, 0.2) is 18.2 Å². The van der Waals surface area contributed by atoms with Gasteiger partial charge in [-0.2, -0.15) is 0 Å². The van der Waals surface area contributed by atoms with Crippen LogP contribution in [0.4, 0.5) is 0 Å². The molecule has 0 bridgehead atoms. The van der Waals surface area contributed by atoms with Gasteiger partial charge in [0.1, 0.15) is 5.75 Å². The van der Waals surface area contributed by atoms with Gasteiger partial charge in [0.2, 0.25) is 0 Å². The summed E-state index contributed by atoms with van der Waals surface area (Å²) in [7, 11) is 0. The zero-order chi connectivity index (χ0) is 12.5. The van der Waals surface area contributed by atoms with Gasteiger partial charge in [-0.1, -0.05) is 19.8 Å². The van der Waals surface area contributed by atoms with Gasteiger partial charge >= 0.3 is 0 Å². The van der Waals surface area contributed by atoms with Crippen molar-refractivity contribution in [1.82, 2.24) is 0 Å². The molecule has 1 saturated carbocycles. The first-order valence-electron chi connectivity index (χ1n) is 7.04. The van der Waals surface area contributed by atoms with Crippen LogP contribution in [0.5, 0.6) is 5.75 Å². The van der Waals surface area contributed by atoms with Crippen molar-refractivity contribution in [2.75, 3.05) is 6.61 Å². The summed E-state index contributed by atoms with van der Waals surface area (Å²) in [4.78, 5) is 12.5. The van der Waals surface area contributed by atoms with Crippen LogP contribution in [0.25, 0.3) is 0 Å². The summed E-state index contributed by atoms with van der Waals surface area (Å²) < 4.78 is 5.48. The number of Topliss-reactive ketones (excluding diaryl/α,β-unsaturated/α-hetero) is 1. The summed E-state index contributed by atoms with van der Waals surface area (Å²) in [5.74, 6) is 2.25. The summed E-state index contributed by atoms with van der Waals surface area (Å²) in [6.45, 7) is 3.02. The predicted molar refractivity (Wildman–Crippen MR) is 71.1 cm³/mol. The Morgan fingerprint density at radius 2 is 2.22 bits per heavy atom. The molecular formula is C16H20O2. The Bertz CT molecular complexity index is 464. The predicted octanol–water partition coefficient (Wildman–Crippen LogP) is 3.63. The number of benzene rings is 1. The maximum atomic E-state index is 12.5. The third-order valence-electron chi connectivity index (χ3n) is 4.28. The number of rotatable bonds is 2. The molecule has 0 saturated heterocycles. The minimum atomic E-state index is 0.245. The van der Waals surface area contributed by atoms with E-state index in [0.29, 0.717) is 11.7 Å². The van der Waals surface area contributed by atoms with Gasteiger partial charge in [0.25, 0.3) is 0 Å². The lowest BCUT2D eigenvalue weighted by Gasteiger charge is -2.25. The molecule has 96 valence electrons. The Morgan fingerprint density at radius 3 is 3.06 bits per heavy atom. The fourth-order valence-corrected chi connectivity index (χ4v) is 3.25. The van der Waals surface area contributed by atoms with E-state index in [-0.39, 0.29) is 5.92 Å². The quantitative estimate of drug-likeness (QED) is 0.743. The molecule has 2 heteroatoms. The monoisotopic (exact) mass is 244 g/mol. The second kappa shape index (κ2) is 4.75. The summed E-state index contributed by atoms with van der Waals surface area (Å²) in [6, 6.07) is 5.94. The number of ether oxygens (including phenoxy) is 1. The minimum Gasteiger partial charge on any atom is -0.493 e. The molecule has 2 unspecified atom stereocenters. The van der Waals surface area contributed by atoms with Crippen LogP contribution in [0.2, 0.25) is 0 Å². The van der Waals surface area contributed by atoms with Crippen molar-refractivity contribution in [2.24, 2.45) is 11.8 Å². The molecule has 1 aliphatic heterocycles. The summed E-state index contributed by atoms with van der Waals surface area (Å²) in [5, 5.41) is 0. The van der Waals surface area contributed by atoms with E-state index in [9.17, 15) is 4.79 Å². The van der Waals surface area contributed by atoms with Gasteiger partial charge in [-0.05, 0) is 42.5 Å². The number of ketones is 1. The van der Waals surface area contributed by atoms with Gasteiger partial charge in [-0.15, -0.1) is 0 Å². The van der Waals surface area contributed by atoms with E-state index in [2.05, 4.69) is 6.92 Å². The lowest BCUT2D eigenvalue weighted by Crippen LogP contribution is -2.21. The van der Waals surface area contributed by atoms with Gasteiger partial charge < -0.3 is 4.74 Å². The van der Waals surface area contributed by atoms with Crippen LogP contribution in [-0.2, 0) is 6.42 Å². The Hall–Kier alpha value is -1.31. The van der Waals surface area contributed by atoms with E-state index in [1.54, 1.807) is 0 Å². The summed E-state index contributed by atoms with van der Waals surface area (Å²) >= 11 is 0. The second-order valence-electron chi connectivity index (χ2n) is 5.75. The normalized spacial score (nSPS) is 26.5.